The van der Waals surface area contributed by atoms with Gasteiger partial charge in [-0.25, -0.2) is 14.4 Å². The van der Waals surface area contributed by atoms with Crippen LogP contribution in [0.1, 0.15) is 45.1 Å². The van der Waals surface area contributed by atoms with Crippen molar-refractivity contribution in [1.29, 1.82) is 5.26 Å². The minimum absolute atomic E-state index is 0.0427. The third kappa shape index (κ3) is 5.61. The maximum atomic E-state index is 16.1. The molecule has 1 amide bonds. The van der Waals surface area contributed by atoms with Gasteiger partial charge in [0, 0.05) is 56.5 Å². The number of amides is 1. The van der Waals surface area contributed by atoms with E-state index in [2.05, 4.69) is 26.2 Å². The molecule has 244 valence electrons. The number of likely N-dealkylation sites (N-methyl/N-ethyl adjacent to an activating group) is 1. The van der Waals surface area contributed by atoms with Crippen LogP contribution in [0.4, 0.5) is 10.1 Å². The second-order valence-corrected chi connectivity index (χ2v) is 12.7. The predicted molar refractivity (Wildman–Crippen MR) is 177 cm³/mol. The van der Waals surface area contributed by atoms with Crippen LogP contribution in [0, 0.1) is 30.0 Å². The Morgan fingerprint density at radius 3 is 2.65 bits per heavy atom. The first-order valence-corrected chi connectivity index (χ1v) is 15.8. The monoisotopic (exact) mass is 647 g/mol. The Balaban J connectivity index is 1.17. The highest BCUT2D eigenvalue weighted by Gasteiger charge is 2.29. The van der Waals surface area contributed by atoms with Crippen molar-refractivity contribution < 1.29 is 23.5 Å². The lowest BCUT2D eigenvalue weighted by molar-refractivity contribution is -0.141. The molecular weight excluding hydrogens is 613 g/mol. The summed E-state index contributed by atoms with van der Waals surface area (Å²) in [5, 5.41) is 22.0. The number of carboxylic acids is 1. The van der Waals surface area contributed by atoms with Crippen molar-refractivity contribution >= 4 is 28.7 Å². The minimum atomic E-state index is -0.795. The van der Waals surface area contributed by atoms with Gasteiger partial charge in [0.25, 0.3) is 5.91 Å². The number of aliphatic carboxylic acids is 1. The van der Waals surface area contributed by atoms with Gasteiger partial charge in [0.15, 0.2) is 17.2 Å². The number of rotatable bonds is 7. The van der Waals surface area contributed by atoms with E-state index in [1.54, 1.807) is 34.9 Å². The Morgan fingerprint density at radius 2 is 1.88 bits per heavy atom. The molecule has 11 nitrogen and oxygen atoms in total. The molecule has 0 spiro atoms. The van der Waals surface area contributed by atoms with Crippen LogP contribution >= 0.6 is 0 Å². The van der Waals surface area contributed by atoms with Crippen molar-refractivity contribution in [2.45, 2.75) is 32.9 Å². The zero-order valence-corrected chi connectivity index (χ0v) is 26.9. The molecule has 1 atom stereocenters. The average molecular weight is 648 g/mol. The second-order valence-electron chi connectivity index (χ2n) is 12.7. The summed E-state index contributed by atoms with van der Waals surface area (Å²) in [4.78, 5) is 38.2. The quantitative estimate of drug-likeness (QED) is 0.239. The Morgan fingerprint density at radius 1 is 1.10 bits per heavy atom. The molecule has 1 fully saturated rings. The van der Waals surface area contributed by atoms with E-state index in [1.807, 2.05) is 33.2 Å². The van der Waals surface area contributed by atoms with Crippen LogP contribution in [0.2, 0.25) is 0 Å². The van der Waals surface area contributed by atoms with E-state index in [0.29, 0.717) is 77.4 Å². The lowest BCUT2D eigenvalue weighted by Gasteiger charge is -2.21. The molecule has 7 rings (SSSR count). The van der Waals surface area contributed by atoms with E-state index in [4.69, 9.17) is 9.40 Å². The summed E-state index contributed by atoms with van der Waals surface area (Å²) in [5.74, 6) is -1.73. The third-order valence-corrected chi connectivity index (χ3v) is 9.45. The van der Waals surface area contributed by atoms with E-state index in [1.165, 1.54) is 6.07 Å². The summed E-state index contributed by atoms with van der Waals surface area (Å²) in [5.41, 5.74) is 6.19. The number of carbonyl (C=O) groups excluding carboxylic acids is 1. The molecule has 2 N–H and O–H groups in total. The number of benzene rings is 3. The smallest absolute Gasteiger partial charge is 0.307 e. The summed E-state index contributed by atoms with van der Waals surface area (Å²) >= 11 is 0. The highest BCUT2D eigenvalue weighted by molar-refractivity contribution is 6.02. The van der Waals surface area contributed by atoms with E-state index in [9.17, 15) is 20.0 Å². The number of halogens is 1. The fourth-order valence-corrected chi connectivity index (χ4v) is 6.85. The Hall–Kier alpha value is -5.38. The van der Waals surface area contributed by atoms with Gasteiger partial charge in [-0.2, -0.15) is 5.26 Å². The molecule has 0 saturated carbocycles. The number of nitriles is 1. The fourth-order valence-electron chi connectivity index (χ4n) is 6.85. The van der Waals surface area contributed by atoms with Crippen LogP contribution in [0.5, 0.6) is 0 Å². The molecule has 0 unspecified atom stereocenters. The molecule has 0 bridgehead atoms. The first-order valence-electron chi connectivity index (χ1n) is 15.8. The molecule has 5 aromatic rings. The number of likely N-dealkylation sites (tertiary alicyclic amines) is 1. The molecular formula is C36H34FN7O4. The van der Waals surface area contributed by atoms with Crippen LogP contribution in [0.3, 0.4) is 0 Å². The number of anilines is 1. The van der Waals surface area contributed by atoms with Gasteiger partial charge >= 0.3 is 5.97 Å². The lowest BCUT2D eigenvalue weighted by Crippen LogP contribution is -2.27. The van der Waals surface area contributed by atoms with Crippen molar-refractivity contribution in [3.63, 3.8) is 0 Å². The lowest BCUT2D eigenvalue weighted by atomic mass is 9.95. The van der Waals surface area contributed by atoms with Crippen molar-refractivity contribution in [2.24, 2.45) is 13.0 Å². The molecule has 2 aliphatic heterocycles. The van der Waals surface area contributed by atoms with Crippen molar-refractivity contribution in [2.75, 3.05) is 32.0 Å². The third-order valence-electron chi connectivity index (χ3n) is 9.45. The van der Waals surface area contributed by atoms with Gasteiger partial charge in [0.05, 0.1) is 22.9 Å². The topological polar surface area (TPSA) is 141 Å². The number of imidazole rings is 1. The van der Waals surface area contributed by atoms with Crippen LogP contribution in [-0.4, -0.2) is 68.0 Å². The number of hydrogen-bond acceptors (Lipinski definition) is 8. The second kappa shape index (κ2) is 12.3. The van der Waals surface area contributed by atoms with Crippen molar-refractivity contribution in [3.05, 3.63) is 88.3 Å². The molecule has 2 aromatic heterocycles. The molecule has 4 heterocycles. The van der Waals surface area contributed by atoms with E-state index >= 15 is 4.39 Å². The van der Waals surface area contributed by atoms with Gasteiger partial charge in [-0.3, -0.25) is 14.5 Å². The van der Waals surface area contributed by atoms with Crippen LogP contribution in [0.15, 0.2) is 52.9 Å². The highest BCUT2D eigenvalue weighted by Crippen LogP contribution is 2.37. The standard InChI is InChI=1S/C36H34FN7O4/c1-20-24(26-8-5-9-27(31(26)37)40-34(45)33-39-29-19-42(2)12-11-30(29)43(33)3)6-4-7-25(20)35-41-28-15-21(14-23(16-38)32(28)48-35)17-44-13-10-22(18-44)36(46)47/h4-9,14-15,22H,10-13,17-19H2,1-3H3,(H,40,45)(H,46,47)/t22-/m0/s1. The van der Waals surface area contributed by atoms with Crippen LogP contribution in [0.25, 0.3) is 33.7 Å². The molecule has 2 aliphatic rings. The molecule has 48 heavy (non-hydrogen) atoms. The first-order chi connectivity index (χ1) is 23.1. The summed E-state index contributed by atoms with van der Waals surface area (Å²) in [6, 6.07) is 16.1. The number of aromatic nitrogens is 3. The zero-order chi connectivity index (χ0) is 33.7. The SMILES string of the molecule is Cc1c(-c2nc3cc(CN4CC[C@H](C(=O)O)C4)cc(C#N)c3o2)cccc1-c1cccc(NC(=O)c2nc3c(n2C)CCN(C)C3)c1F. The van der Waals surface area contributed by atoms with Gasteiger partial charge in [-0.1, -0.05) is 24.3 Å². The van der Waals surface area contributed by atoms with E-state index in [-0.39, 0.29) is 11.5 Å². The summed E-state index contributed by atoms with van der Waals surface area (Å²) in [6.45, 7) is 5.00. The van der Waals surface area contributed by atoms with Crippen LogP contribution < -0.4 is 5.32 Å². The van der Waals surface area contributed by atoms with Gasteiger partial charge < -0.3 is 24.3 Å². The number of oxazole rings is 1. The van der Waals surface area contributed by atoms with Gasteiger partial charge in [0.2, 0.25) is 5.89 Å². The number of nitrogens with one attached hydrogen (secondary N) is 1. The fraction of sp³-hybridized carbons (Fsp3) is 0.306. The van der Waals surface area contributed by atoms with Gasteiger partial charge in [-0.05, 0) is 67.9 Å². The normalized spacial score (nSPS) is 16.6. The Kier molecular flexibility index (Phi) is 8.02. The van der Waals surface area contributed by atoms with E-state index in [0.717, 1.165) is 29.9 Å². The minimum Gasteiger partial charge on any atom is -0.481 e. The van der Waals surface area contributed by atoms with Crippen LogP contribution in [-0.2, 0) is 31.4 Å². The highest BCUT2D eigenvalue weighted by atomic mass is 19.1. The number of carboxylic acid groups (broad SMARTS) is 1. The maximum absolute atomic E-state index is 16.1. The Bertz CT molecular complexity index is 2150. The molecule has 0 aliphatic carbocycles. The van der Waals surface area contributed by atoms with Gasteiger partial charge in [-0.15, -0.1) is 0 Å². The average Bonchev–Trinajstić information content (AvgIpc) is 3.79. The zero-order valence-electron chi connectivity index (χ0n) is 26.9. The van der Waals surface area contributed by atoms with Crippen molar-refractivity contribution in [3.8, 4) is 28.7 Å². The van der Waals surface area contributed by atoms with Gasteiger partial charge in [0.1, 0.15) is 11.6 Å². The summed E-state index contributed by atoms with van der Waals surface area (Å²) in [6.07, 6.45) is 1.38. The number of carbonyl (C=O) groups is 2. The number of fused-ring (bicyclic) bond motifs is 2. The Labute approximate surface area is 276 Å². The molecule has 0 radical (unpaired) electrons. The first kappa shape index (κ1) is 31.2. The summed E-state index contributed by atoms with van der Waals surface area (Å²) < 4.78 is 24.0. The number of hydrogen-bond donors (Lipinski definition) is 2. The van der Waals surface area contributed by atoms with Crippen molar-refractivity contribution in [1.82, 2.24) is 24.3 Å². The largest absolute Gasteiger partial charge is 0.481 e. The molecule has 3 aromatic carbocycles. The molecule has 12 heteroatoms. The number of nitrogens with zero attached hydrogens (tertiary/aromatic N) is 6. The summed E-state index contributed by atoms with van der Waals surface area (Å²) in [7, 11) is 3.82. The molecule has 1 saturated heterocycles. The maximum Gasteiger partial charge on any atom is 0.307 e. The van der Waals surface area contributed by atoms with E-state index < -0.39 is 23.6 Å². The predicted octanol–water partition coefficient (Wildman–Crippen LogP) is 5.36.